The lowest BCUT2D eigenvalue weighted by Gasteiger charge is -2.35. The highest BCUT2D eigenvalue weighted by atomic mass is 35.5. The average Bonchev–Trinajstić information content (AvgIpc) is 2.63. The van der Waals surface area contributed by atoms with E-state index in [1.54, 1.807) is 0 Å². The summed E-state index contributed by atoms with van der Waals surface area (Å²) in [6, 6.07) is 11.4. The van der Waals surface area contributed by atoms with Crippen LogP contribution in [-0.2, 0) is 0 Å². The van der Waals surface area contributed by atoms with Gasteiger partial charge in [0.25, 0.3) is 11.6 Å². The number of carbonyl (C=O) groups is 1. The molecule has 1 amide bonds. The molecule has 1 fully saturated rings. The van der Waals surface area contributed by atoms with Crippen LogP contribution in [-0.4, -0.2) is 49.0 Å². The Morgan fingerprint density at radius 1 is 1.15 bits per heavy atom. The molecule has 136 valence electrons. The van der Waals surface area contributed by atoms with Crippen molar-refractivity contribution in [2.45, 2.75) is 0 Å². The van der Waals surface area contributed by atoms with E-state index >= 15 is 0 Å². The van der Waals surface area contributed by atoms with E-state index in [-0.39, 0.29) is 16.3 Å². The molecule has 1 heterocycles. The molecular weight excluding hydrogens is 356 g/mol. The van der Waals surface area contributed by atoms with Crippen LogP contribution in [0.1, 0.15) is 10.4 Å². The number of piperazine rings is 1. The van der Waals surface area contributed by atoms with Crippen molar-refractivity contribution >= 4 is 34.6 Å². The van der Waals surface area contributed by atoms with Gasteiger partial charge in [-0.3, -0.25) is 14.9 Å². The van der Waals surface area contributed by atoms with E-state index in [0.29, 0.717) is 5.69 Å². The standard InChI is InChI=1S/C18H19ClN4O3/c1-21-8-10-22(11-9-21)17-5-3-2-4-16(17)20-18(24)14-12-13(23(25)26)6-7-15(14)19/h2-7,12H,8-11H2,1H3,(H,20,24). The number of nitro benzene ring substituents is 1. The molecule has 0 aliphatic carbocycles. The Labute approximate surface area is 156 Å². The molecule has 8 heteroatoms. The molecule has 0 aromatic heterocycles. The van der Waals surface area contributed by atoms with E-state index in [0.717, 1.165) is 31.9 Å². The van der Waals surface area contributed by atoms with Gasteiger partial charge in [0, 0.05) is 38.3 Å². The van der Waals surface area contributed by atoms with Crippen molar-refractivity contribution in [2.75, 3.05) is 43.4 Å². The Balaban J connectivity index is 1.84. The number of anilines is 2. The van der Waals surface area contributed by atoms with Gasteiger partial charge in [0.1, 0.15) is 0 Å². The number of benzene rings is 2. The van der Waals surface area contributed by atoms with E-state index < -0.39 is 10.8 Å². The Bertz CT molecular complexity index is 835. The minimum absolute atomic E-state index is 0.0778. The lowest BCUT2D eigenvalue weighted by Crippen LogP contribution is -2.44. The Morgan fingerprint density at radius 3 is 2.54 bits per heavy atom. The number of para-hydroxylation sites is 2. The Kier molecular flexibility index (Phi) is 5.39. The predicted molar refractivity (Wildman–Crippen MR) is 102 cm³/mol. The number of rotatable bonds is 4. The first-order valence-corrected chi connectivity index (χ1v) is 8.61. The van der Waals surface area contributed by atoms with Crippen LogP contribution in [0.4, 0.5) is 17.1 Å². The topological polar surface area (TPSA) is 78.7 Å². The van der Waals surface area contributed by atoms with E-state index in [1.807, 2.05) is 24.3 Å². The fourth-order valence-electron chi connectivity index (χ4n) is 2.89. The second kappa shape index (κ2) is 7.72. The second-order valence-corrected chi connectivity index (χ2v) is 6.59. The van der Waals surface area contributed by atoms with Gasteiger partial charge in [0.05, 0.1) is 26.9 Å². The summed E-state index contributed by atoms with van der Waals surface area (Å²) in [4.78, 5) is 27.5. The molecule has 0 unspecified atom stereocenters. The summed E-state index contributed by atoms with van der Waals surface area (Å²) in [5.41, 5.74) is 1.49. The minimum atomic E-state index is -0.550. The first-order chi connectivity index (χ1) is 12.5. The van der Waals surface area contributed by atoms with Gasteiger partial charge in [-0.15, -0.1) is 0 Å². The van der Waals surface area contributed by atoms with Crippen LogP contribution in [0.15, 0.2) is 42.5 Å². The fraction of sp³-hybridized carbons (Fsp3) is 0.278. The van der Waals surface area contributed by atoms with Crippen LogP contribution in [0.3, 0.4) is 0 Å². The molecule has 0 spiro atoms. The molecule has 26 heavy (non-hydrogen) atoms. The molecule has 2 aromatic carbocycles. The maximum atomic E-state index is 12.7. The second-order valence-electron chi connectivity index (χ2n) is 6.18. The van der Waals surface area contributed by atoms with Crippen molar-refractivity contribution in [3.63, 3.8) is 0 Å². The molecule has 0 bridgehead atoms. The number of amides is 1. The van der Waals surface area contributed by atoms with Gasteiger partial charge in [-0.25, -0.2) is 0 Å². The number of carbonyl (C=O) groups excluding carboxylic acids is 1. The van der Waals surface area contributed by atoms with E-state index in [9.17, 15) is 14.9 Å². The fourth-order valence-corrected chi connectivity index (χ4v) is 3.10. The Hall–Kier alpha value is -2.64. The number of nitro groups is 1. The van der Waals surface area contributed by atoms with E-state index in [2.05, 4.69) is 22.2 Å². The molecule has 2 aromatic rings. The van der Waals surface area contributed by atoms with Crippen LogP contribution in [0, 0.1) is 10.1 Å². The molecule has 3 rings (SSSR count). The Morgan fingerprint density at radius 2 is 1.85 bits per heavy atom. The van der Waals surface area contributed by atoms with Crippen molar-refractivity contribution in [3.05, 3.63) is 63.2 Å². The number of halogens is 1. The molecular formula is C18H19ClN4O3. The number of nitrogens with one attached hydrogen (secondary N) is 1. The molecule has 1 N–H and O–H groups in total. The molecule has 1 saturated heterocycles. The summed E-state index contributed by atoms with van der Waals surface area (Å²) in [5.74, 6) is -0.472. The van der Waals surface area contributed by atoms with Crippen LogP contribution < -0.4 is 10.2 Å². The predicted octanol–water partition coefficient (Wildman–Crippen LogP) is 3.25. The van der Waals surface area contributed by atoms with Crippen LogP contribution in [0.5, 0.6) is 0 Å². The first-order valence-electron chi connectivity index (χ1n) is 8.23. The zero-order chi connectivity index (χ0) is 18.7. The van der Waals surface area contributed by atoms with Gasteiger partial charge in [-0.2, -0.15) is 0 Å². The normalized spacial score (nSPS) is 14.9. The van der Waals surface area contributed by atoms with Crippen LogP contribution >= 0.6 is 11.6 Å². The minimum Gasteiger partial charge on any atom is -0.367 e. The molecule has 1 aliphatic heterocycles. The monoisotopic (exact) mass is 374 g/mol. The van der Waals surface area contributed by atoms with Crippen molar-refractivity contribution in [2.24, 2.45) is 0 Å². The highest BCUT2D eigenvalue weighted by molar-refractivity contribution is 6.34. The largest absolute Gasteiger partial charge is 0.367 e. The van der Waals surface area contributed by atoms with Gasteiger partial charge in [0.15, 0.2) is 0 Å². The highest BCUT2D eigenvalue weighted by Crippen LogP contribution is 2.28. The maximum Gasteiger partial charge on any atom is 0.270 e. The molecule has 0 saturated carbocycles. The number of non-ortho nitro benzene ring substituents is 1. The van der Waals surface area contributed by atoms with Gasteiger partial charge >= 0.3 is 0 Å². The van der Waals surface area contributed by atoms with E-state index in [4.69, 9.17) is 11.6 Å². The zero-order valence-corrected chi connectivity index (χ0v) is 15.1. The number of likely N-dealkylation sites (N-methyl/N-ethyl adjacent to an activating group) is 1. The number of nitrogens with zero attached hydrogens (tertiary/aromatic N) is 3. The van der Waals surface area contributed by atoms with Gasteiger partial charge in [-0.1, -0.05) is 23.7 Å². The van der Waals surface area contributed by atoms with Crippen LogP contribution in [0.25, 0.3) is 0 Å². The third kappa shape index (κ3) is 3.95. The smallest absolute Gasteiger partial charge is 0.270 e. The summed E-state index contributed by atoms with van der Waals surface area (Å²) in [6.07, 6.45) is 0. The summed E-state index contributed by atoms with van der Waals surface area (Å²) in [7, 11) is 2.08. The summed E-state index contributed by atoms with van der Waals surface area (Å²) in [6.45, 7) is 3.61. The quantitative estimate of drug-likeness (QED) is 0.656. The summed E-state index contributed by atoms with van der Waals surface area (Å²) >= 11 is 6.07. The van der Waals surface area contributed by atoms with Crippen molar-refractivity contribution < 1.29 is 9.72 Å². The first kappa shape index (κ1) is 18.2. The molecule has 1 aliphatic rings. The summed E-state index contributed by atoms with van der Waals surface area (Å²) < 4.78 is 0. The molecule has 7 nitrogen and oxygen atoms in total. The molecule has 0 radical (unpaired) electrons. The number of hydrogen-bond acceptors (Lipinski definition) is 5. The third-order valence-corrected chi connectivity index (χ3v) is 4.73. The third-order valence-electron chi connectivity index (χ3n) is 4.40. The zero-order valence-electron chi connectivity index (χ0n) is 14.3. The lowest BCUT2D eigenvalue weighted by atomic mass is 10.1. The van der Waals surface area contributed by atoms with E-state index in [1.165, 1.54) is 18.2 Å². The molecule has 0 atom stereocenters. The van der Waals surface area contributed by atoms with Gasteiger partial charge < -0.3 is 15.1 Å². The van der Waals surface area contributed by atoms with Gasteiger partial charge in [-0.05, 0) is 25.2 Å². The maximum absolute atomic E-state index is 12.7. The van der Waals surface area contributed by atoms with Crippen LogP contribution in [0.2, 0.25) is 5.02 Å². The van der Waals surface area contributed by atoms with Crippen molar-refractivity contribution in [3.8, 4) is 0 Å². The van der Waals surface area contributed by atoms with Gasteiger partial charge in [0.2, 0.25) is 0 Å². The van der Waals surface area contributed by atoms with Crippen molar-refractivity contribution in [1.82, 2.24) is 4.90 Å². The lowest BCUT2D eigenvalue weighted by molar-refractivity contribution is -0.384. The summed E-state index contributed by atoms with van der Waals surface area (Å²) in [5, 5.41) is 14.0. The van der Waals surface area contributed by atoms with Crippen molar-refractivity contribution in [1.29, 1.82) is 0 Å². The average molecular weight is 375 g/mol. The highest BCUT2D eigenvalue weighted by Gasteiger charge is 2.20. The number of hydrogen-bond donors (Lipinski definition) is 1. The SMILES string of the molecule is CN1CCN(c2ccccc2NC(=O)c2cc([N+](=O)[O-])ccc2Cl)CC1.